The molecule has 1 aromatic rings. The van der Waals surface area contributed by atoms with Crippen LogP contribution in [0.1, 0.15) is 37.7 Å². The number of nitrogens with two attached hydrogens (primary N) is 1. The molecule has 22 heavy (non-hydrogen) atoms. The van der Waals surface area contributed by atoms with Gasteiger partial charge in [0.1, 0.15) is 0 Å². The summed E-state index contributed by atoms with van der Waals surface area (Å²) in [6.45, 7) is 0.0902. The maximum atomic E-state index is 12.0. The summed E-state index contributed by atoms with van der Waals surface area (Å²) in [6.07, 6.45) is 4.97. The van der Waals surface area contributed by atoms with Gasteiger partial charge in [0, 0.05) is 12.6 Å². The normalized spacial score (nSPS) is 17.5. The van der Waals surface area contributed by atoms with Crippen LogP contribution in [0.3, 0.4) is 0 Å². The van der Waals surface area contributed by atoms with Crippen LogP contribution in [0.5, 0.6) is 0 Å². The summed E-state index contributed by atoms with van der Waals surface area (Å²) in [7, 11) is -7.29. The Kier molecular flexibility index (Phi) is 5.56. The molecule has 1 saturated carbocycles. The molecule has 7 nitrogen and oxygen atoms in total. The van der Waals surface area contributed by atoms with E-state index in [1.54, 1.807) is 0 Å². The van der Waals surface area contributed by atoms with E-state index in [1.165, 1.54) is 24.3 Å². The van der Waals surface area contributed by atoms with Crippen LogP contribution in [0.4, 0.5) is 0 Å². The first kappa shape index (κ1) is 17.4. The second-order valence-corrected chi connectivity index (χ2v) is 8.56. The second-order valence-electron chi connectivity index (χ2n) is 5.47. The highest BCUT2D eigenvalue weighted by Gasteiger charge is 2.19. The van der Waals surface area contributed by atoms with E-state index in [2.05, 4.69) is 9.44 Å². The molecule has 0 atom stereocenters. The number of rotatable bonds is 6. The first-order valence-corrected chi connectivity index (χ1v) is 10.2. The Hall–Kier alpha value is -1.00. The van der Waals surface area contributed by atoms with Crippen molar-refractivity contribution in [2.75, 3.05) is 0 Å². The molecule has 0 unspecified atom stereocenters. The van der Waals surface area contributed by atoms with Gasteiger partial charge in [-0.15, -0.1) is 0 Å². The monoisotopic (exact) mass is 347 g/mol. The van der Waals surface area contributed by atoms with Crippen molar-refractivity contribution in [3.8, 4) is 0 Å². The molecule has 0 aromatic heterocycles. The fourth-order valence-electron chi connectivity index (χ4n) is 2.46. The minimum atomic E-state index is -3.73. The summed E-state index contributed by atoms with van der Waals surface area (Å²) in [5.74, 6) is 0. The first-order valence-electron chi connectivity index (χ1n) is 7.15. The van der Waals surface area contributed by atoms with Crippen LogP contribution in [-0.2, 0) is 26.8 Å². The van der Waals surface area contributed by atoms with E-state index in [0.29, 0.717) is 5.56 Å². The van der Waals surface area contributed by atoms with E-state index < -0.39 is 20.2 Å². The van der Waals surface area contributed by atoms with E-state index in [4.69, 9.17) is 5.14 Å². The van der Waals surface area contributed by atoms with Crippen molar-refractivity contribution in [2.24, 2.45) is 5.14 Å². The minimum Gasteiger partial charge on any atom is -0.225 e. The Morgan fingerprint density at radius 3 is 2.14 bits per heavy atom. The lowest BCUT2D eigenvalue weighted by atomic mass is 9.96. The van der Waals surface area contributed by atoms with Crippen LogP contribution in [-0.4, -0.2) is 22.9 Å². The van der Waals surface area contributed by atoms with E-state index >= 15 is 0 Å². The predicted molar refractivity (Wildman–Crippen MR) is 83.6 cm³/mol. The van der Waals surface area contributed by atoms with E-state index in [0.717, 1.165) is 32.1 Å². The van der Waals surface area contributed by atoms with E-state index in [-0.39, 0.29) is 17.5 Å². The molecule has 4 N–H and O–H groups in total. The third-order valence-electron chi connectivity index (χ3n) is 3.65. The Balaban J connectivity index is 1.91. The lowest BCUT2D eigenvalue weighted by Crippen LogP contribution is -2.43. The fraction of sp³-hybridized carbons (Fsp3) is 0.538. The van der Waals surface area contributed by atoms with Gasteiger partial charge < -0.3 is 0 Å². The maximum absolute atomic E-state index is 12.0. The summed E-state index contributed by atoms with van der Waals surface area (Å²) in [5, 5.41) is 5.00. The van der Waals surface area contributed by atoms with Crippen LogP contribution in [0.25, 0.3) is 0 Å². The molecule has 124 valence electrons. The third kappa shape index (κ3) is 5.33. The van der Waals surface area contributed by atoms with Gasteiger partial charge in [-0.25, -0.2) is 13.6 Å². The average molecular weight is 347 g/mol. The molecule has 1 aliphatic rings. The molecular weight excluding hydrogens is 326 g/mol. The number of primary sulfonamides is 1. The summed E-state index contributed by atoms with van der Waals surface area (Å²) in [4.78, 5) is -0.000521. The molecule has 0 spiro atoms. The number of hydrogen-bond acceptors (Lipinski definition) is 4. The van der Waals surface area contributed by atoms with E-state index in [9.17, 15) is 16.8 Å². The summed E-state index contributed by atoms with van der Waals surface area (Å²) in [5.41, 5.74) is 0.654. The van der Waals surface area contributed by atoms with Crippen LogP contribution in [0.2, 0.25) is 0 Å². The zero-order valence-corrected chi connectivity index (χ0v) is 13.8. The quantitative estimate of drug-likeness (QED) is 0.698. The lowest BCUT2D eigenvalue weighted by molar-refractivity contribution is 0.410. The zero-order chi connectivity index (χ0) is 16.2. The fourth-order valence-corrected chi connectivity index (χ4v) is 4.09. The minimum absolute atomic E-state index is 0.000521. The number of sulfonamides is 1. The molecule has 0 saturated heterocycles. The molecular formula is C13H21N3O4S2. The van der Waals surface area contributed by atoms with Gasteiger partial charge >= 0.3 is 0 Å². The lowest BCUT2D eigenvalue weighted by Gasteiger charge is -2.22. The highest BCUT2D eigenvalue weighted by atomic mass is 32.2. The maximum Gasteiger partial charge on any atom is 0.277 e. The van der Waals surface area contributed by atoms with Crippen LogP contribution < -0.4 is 14.6 Å². The van der Waals surface area contributed by atoms with Gasteiger partial charge in [0.05, 0.1) is 4.90 Å². The first-order chi connectivity index (χ1) is 10.3. The van der Waals surface area contributed by atoms with Crippen molar-refractivity contribution < 1.29 is 16.8 Å². The Morgan fingerprint density at radius 2 is 1.59 bits per heavy atom. The molecule has 0 bridgehead atoms. The molecule has 0 amide bonds. The average Bonchev–Trinajstić information content (AvgIpc) is 2.45. The van der Waals surface area contributed by atoms with Gasteiger partial charge in [0.25, 0.3) is 10.2 Å². The largest absolute Gasteiger partial charge is 0.277 e. The second kappa shape index (κ2) is 7.05. The molecule has 1 aliphatic carbocycles. The highest BCUT2D eigenvalue weighted by Crippen LogP contribution is 2.17. The van der Waals surface area contributed by atoms with Crippen molar-refractivity contribution in [2.45, 2.75) is 49.6 Å². The smallest absolute Gasteiger partial charge is 0.225 e. The summed E-state index contributed by atoms with van der Waals surface area (Å²) < 4.78 is 51.3. The molecule has 9 heteroatoms. The Bertz CT molecular complexity index is 693. The van der Waals surface area contributed by atoms with Gasteiger partial charge in [0.15, 0.2) is 0 Å². The van der Waals surface area contributed by atoms with Gasteiger partial charge in [0.2, 0.25) is 10.0 Å². The summed E-state index contributed by atoms with van der Waals surface area (Å²) in [6, 6.07) is 5.77. The van der Waals surface area contributed by atoms with Crippen molar-refractivity contribution >= 4 is 20.2 Å². The summed E-state index contributed by atoms with van der Waals surface area (Å²) >= 11 is 0. The Labute approximate surface area is 131 Å². The van der Waals surface area contributed by atoms with E-state index in [1.807, 2.05) is 0 Å². The van der Waals surface area contributed by atoms with Gasteiger partial charge in [-0.3, -0.25) is 0 Å². The third-order valence-corrected chi connectivity index (χ3v) is 5.74. The highest BCUT2D eigenvalue weighted by molar-refractivity contribution is 7.89. The van der Waals surface area contributed by atoms with Crippen LogP contribution >= 0.6 is 0 Å². The number of nitrogens with one attached hydrogen (secondary N) is 2. The topological polar surface area (TPSA) is 118 Å². The van der Waals surface area contributed by atoms with Crippen LogP contribution in [0.15, 0.2) is 29.2 Å². The van der Waals surface area contributed by atoms with Crippen molar-refractivity contribution in [3.05, 3.63) is 29.8 Å². The van der Waals surface area contributed by atoms with Gasteiger partial charge in [-0.2, -0.15) is 17.9 Å². The molecule has 2 rings (SSSR count). The van der Waals surface area contributed by atoms with Crippen molar-refractivity contribution in [3.63, 3.8) is 0 Å². The molecule has 1 aromatic carbocycles. The van der Waals surface area contributed by atoms with Crippen LogP contribution in [0, 0.1) is 0 Å². The standard InChI is InChI=1S/C13H21N3O4S2/c14-21(17,18)13-8-6-11(7-9-13)10-15-22(19,20)16-12-4-2-1-3-5-12/h6-9,12,15-16H,1-5,10H2,(H2,14,17,18). The van der Waals surface area contributed by atoms with Crippen molar-refractivity contribution in [1.29, 1.82) is 0 Å². The SMILES string of the molecule is NS(=O)(=O)c1ccc(CNS(=O)(=O)NC2CCCCC2)cc1. The molecule has 0 heterocycles. The number of hydrogen-bond donors (Lipinski definition) is 3. The van der Waals surface area contributed by atoms with Gasteiger partial charge in [-0.05, 0) is 30.5 Å². The molecule has 0 aliphatic heterocycles. The predicted octanol–water partition coefficient (Wildman–Crippen LogP) is 0.591. The zero-order valence-electron chi connectivity index (χ0n) is 12.2. The molecule has 0 radical (unpaired) electrons. The number of benzene rings is 1. The molecule has 1 fully saturated rings. The van der Waals surface area contributed by atoms with Gasteiger partial charge in [-0.1, -0.05) is 31.4 Å². The Morgan fingerprint density at radius 1 is 1.00 bits per heavy atom. The van der Waals surface area contributed by atoms with Crippen molar-refractivity contribution in [1.82, 2.24) is 9.44 Å².